The number of hydrogen-bond acceptors (Lipinski definition) is 19. The van der Waals surface area contributed by atoms with Crippen molar-refractivity contribution in [1.29, 1.82) is 0 Å². The fraction of sp³-hybridized carbons (Fsp3) is 0.159. The minimum Gasteiger partial charge on any atom is -0.505 e. The van der Waals surface area contributed by atoms with Gasteiger partial charge in [-0.1, -0.05) is 30.3 Å². The minimum atomic E-state index is -4.48. The van der Waals surface area contributed by atoms with Gasteiger partial charge in [-0.3, -0.25) is 4.55 Å². The predicted molar refractivity (Wildman–Crippen MR) is 244 cm³/mol. The lowest BCUT2D eigenvalue weighted by molar-refractivity contribution is 0.105. The van der Waals surface area contributed by atoms with Crippen LogP contribution in [0.15, 0.2) is 145 Å². The molecule has 0 aliphatic rings. The first-order valence-electron chi connectivity index (χ1n) is 19.6. The molecule has 1 unspecified atom stereocenters. The highest BCUT2D eigenvalue weighted by Gasteiger charge is 2.15. The topological polar surface area (TPSA) is 282 Å². The number of methoxy groups -OCH3 is 2. The van der Waals surface area contributed by atoms with E-state index >= 15 is 0 Å². The molecule has 0 fully saturated rings. The van der Waals surface area contributed by atoms with Crippen LogP contribution in [0.1, 0.15) is 11.1 Å². The molecule has 0 saturated carbocycles. The van der Waals surface area contributed by atoms with Crippen LogP contribution in [-0.2, 0) is 10.1 Å². The normalized spacial score (nSPS) is 12.3. The van der Waals surface area contributed by atoms with Gasteiger partial charge in [0, 0.05) is 35.4 Å². The van der Waals surface area contributed by atoms with Crippen molar-refractivity contribution in [2.75, 3.05) is 43.3 Å². The highest BCUT2D eigenvalue weighted by Crippen LogP contribution is 2.41. The Labute approximate surface area is 372 Å². The number of azo groups is 3. The van der Waals surface area contributed by atoms with E-state index in [0.29, 0.717) is 50.7 Å². The van der Waals surface area contributed by atoms with Gasteiger partial charge in [0.15, 0.2) is 5.75 Å². The molecule has 20 nitrogen and oxygen atoms in total. The third-order valence-corrected chi connectivity index (χ3v) is 10.4. The van der Waals surface area contributed by atoms with Gasteiger partial charge < -0.3 is 40.7 Å². The standard InChI is InChI=1S/C44H42N12O8S/c1-25-17-38(39(63-3)21-35(25)53-51-28-9-6-5-7-10-28)56-54-36-22-40(64-4)37(18-26(36)2)55-52-34-16-13-27-19-30(14-15-33(27)41(34)59)47-44-49-42(45-23-31(58)24-57)48-43(50-44)46-29-11-8-12-32(20-29)65(60,61)62/h5-22,31,57-59H,23-24H2,1-4H3,(H,60,61,62)(H3,45,46,47,48,49,50). The molecule has 0 amide bonds. The van der Waals surface area contributed by atoms with Crippen LogP contribution in [0.2, 0.25) is 0 Å². The molecule has 65 heavy (non-hydrogen) atoms. The maximum Gasteiger partial charge on any atom is 0.294 e. The Morgan fingerprint density at radius 2 is 1.20 bits per heavy atom. The van der Waals surface area contributed by atoms with Crippen LogP contribution in [0.3, 0.4) is 0 Å². The second kappa shape index (κ2) is 20.0. The average molecular weight is 899 g/mol. The Hall–Kier alpha value is -7.98. The van der Waals surface area contributed by atoms with Gasteiger partial charge in [-0.2, -0.15) is 38.7 Å². The summed E-state index contributed by atoms with van der Waals surface area (Å²) in [5.74, 6) is 0.764. The van der Waals surface area contributed by atoms with Crippen LogP contribution in [0, 0.1) is 13.8 Å². The number of nitrogens with one attached hydrogen (secondary N) is 3. The van der Waals surface area contributed by atoms with Gasteiger partial charge >= 0.3 is 0 Å². The largest absolute Gasteiger partial charge is 0.505 e. The molecule has 21 heteroatoms. The Bertz CT molecular complexity index is 3060. The molecule has 332 valence electrons. The van der Waals surface area contributed by atoms with Gasteiger partial charge in [-0.25, -0.2) is 0 Å². The zero-order chi connectivity index (χ0) is 46.1. The number of aromatic hydroxyl groups is 1. The highest BCUT2D eigenvalue weighted by molar-refractivity contribution is 7.85. The first kappa shape index (κ1) is 45.1. The summed E-state index contributed by atoms with van der Waals surface area (Å²) in [6.45, 7) is 3.15. The zero-order valence-electron chi connectivity index (χ0n) is 35.2. The summed E-state index contributed by atoms with van der Waals surface area (Å²) in [5.41, 5.74) is 5.29. The van der Waals surface area contributed by atoms with Gasteiger partial charge in [0.25, 0.3) is 10.1 Å². The van der Waals surface area contributed by atoms with E-state index in [4.69, 9.17) is 9.47 Å². The number of fused-ring (bicyclic) bond motifs is 1. The van der Waals surface area contributed by atoms with Crippen LogP contribution >= 0.6 is 0 Å². The maximum atomic E-state index is 11.7. The number of aliphatic hydroxyl groups is 2. The molecule has 6 aromatic carbocycles. The molecule has 1 atom stereocenters. The number of aromatic nitrogens is 3. The predicted octanol–water partition coefficient (Wildman–Crippen LogP) is 10.1. The van der Waals surface area contributed by atoms with Crippen molar-refractivity contribution in [3.8, 4) is 17.2 Å². The van der Waals surface area contributed by atoms with Gasteiger partial charge in [0.05, 0.1) is 48.9 Å². The van der Waals surface area contributed by atoms with E-state index in [1.807, 2.05) is 50.2 Å². The lowest BCUT2D eigenvalue weighted by Crippen LogP contribution is -2.24. The highest BCUT2D eigenvalue weighted by atomic mass is 32.2. The van der Waals surface area contributed by atoms with Crippen molar-refractivity contribution in [3.63, 3.8) is 0 Å². The van der Waals surface area contributed by atoms with Gasteiger partial charge in [0.2, 0.25) is 17.8 Å². The van der Waals surface area contributed by atoms with Crippen molar-refractivity contribution in [1.82, 2.24) is 15.0 Å². The summed E-state index contributed by atoms with van der Waals surface area (Å²) >= 11 is 0. The van der Waals surface area contributed by atoms with E-state index in [1.54, 1.807) is 61.7 Å². The molecular formula is C44H42N12O8S. The van der Waals surface area contributed by atoms with Crippen molar-refractivity contribution in [2.24, 2.45) is 30.7 Å². The van der Waals surface area contributed by atoms with Crippen LogP contribution in [0.5, 0.6) is 17.2 Å². The number of rotatable bonds is 17. The van der Waals surface area contributed by atoms with Gasteiger partial charge in [0.1, 0.15) is 28.6 Å². The fourth-order valence-corrected chi connectivity index (χ4v) is 6.66. The lowest BCUT2D eigenvalue weighted by atomic mass is 10.1. The molecule has 0 spiro atoms. The Kier molecular flexibility index (Phi) is 13.9. The number of ether oxygens (including phenoxy) is 2. The molecular weight excluding hydrogens is 857 g/mol. The van der Waals surface area contributed by atoms with Gasteiger partial charge in [-0.05, 0) is 97.1 Å². The molecule has 7 N–H and O–H groups in total. The molecule has 0 aliphatic heterocycles. The number of benzene rings is 6. The Morgan fingerprint density at radius 3 is 1.80 bits per heavy atom. The summed E-state index contributed by atoms with van der Waals surface area (Å²) in [6, 6.07) is 30.3. The third kappa shape index (κ3) is 11.3. The summed E-state index contributed by atoms with van der Waals surface area (Å²) in [7, 11) is -1.44. The van der Waals surface area contributed by atoms with Gasteiger partial charge in [-0.15, -0.1) is 15.3 Å². The molecule has 7 rings (SSSR count). The van der Waals surface area contributed by atoms with Crippen molar-refractivity contribution in [2.45, 2.75) is 24.8 Å². The van der Waals surface area contributed by atoms with Crippen molar-refractivity contribution >= 4 is 84.2 Å². The number of aryl methyl sites for hydroxylation is 2. The van der Waals surface area contributed by atoms with E-state index in [2.05, 4.69) is 61.6 Å². The Balaban J connectivity index is 1.09. The number of nitrogens with zero attached hydrogens (tertiary/aromatic N) is 9. The van der Waals surface area contributed by atoms with Crippen LogP contribution in [0.25, 0.3) is 10.8 Å². The minimum absolute atomic E-state index is 0.0173. The Morgan fingerprint density at radius 1 is 0.631 bits per heavy atom. The molecule has 0 bridgehead atoms. The van der Waals surface area contributed by atoms with E-state index in [9.17, 15) is 28.3 Å². The average Bonchev–Trinajstić information content (AvgIpc) is 3.30. The molecule has 0 saturated heterocycles. The van der Waals surface area contributed by atoms with Crippen LogP contribution in [-0.4, -0.2) is 76.7 Å². The van der Waals surface area contributed by atoms with Crippen LogP contribution < -0.4 is 25.4 Å². The fourth-order valence-electron chi connectivity index (χ4n) is 6.14. The maximum absolute atomic E-state index is 11.7. The van der Waals surface area contributed by atoms with Crippen molar-refractivity contribution in [3.05, 3.63) is 120 Å². The smallest absolute Gasteiger partial charge is 0.294 e. The number of phenolic OH excluding ortho intramolecular Hbond substituents is 1. The van der Waals surface area contributed by atoms with Crippen LogP contribution in [0.4, 0.5) is 63.3 Å². The van der Waals surface area contributed by atoms with E-state index in [-0.39, 0.29) is 46.4 Å². The monoisotopic (exact) mass is 898 g/mol. The van der Waals surface area contributed by atoms with E-state index < -0.39 is 22.8 Å². The molecule has 1 aromatic heterocycles. The molecule has 7 aromatic rings. The number of hydrogen-bond donors (Lipinski definition) is 7. The third-order valence-electron chi connectivity index (χ3n) is 9.51. The van der Waals surface area contributed by atoms with Crippen molar-refractivity contribution < 1.29 is 37.8 Å². The molecule has 0 radical (unpaired) electrons. The molecule has 0 aliphatic carbocycles. The number of anilines is 5. The molecule has 1 heterocycles. The summed E-state index contributed by atoms with van der Waals surface area (Å²) in [6.07, 6.45) is -1.10. The summed E-state index contributed by atoms with van der Waals surface area (Å²) < 4.78 is 44.1. The quantitative estimate of drug-likeness (QED) is 0.0331. The second-order valence-corrected chi connectivity index (χ2v) is 15.6. The SMILES string of the molecule is COc1cc(N=Nc2ccccc2)c(C)cc1N=Nc1cc(OC)c(N=Nc2ccc3cc(Nc4nc(NCC(O)CO)nc(Nc5cccc(S(=O)(=O)O)c5)n4)ccc3c2O)cc1C. The number of aliphatic hydroxyl groups excluding tert-OH is 2. The first-order chi connectivity index (χ1) is 31.3. The number of phenols is 1. The summed E-state index contributed by atoms with van der Waals surface area (Å²) in [5, 5.41) is 66.7. The zero-order valence-corrected chi connectivity index (χ0v) is 36.1. The second-order valence-electron chi connectivity index (χ2n) is 14.2. The lowest BCUT2D eigenvalue weighted by Gasteiger charge is -2.13. The van der Waals surface area contributed by atoms with E-state index in [1.165, 1.54) is 25.3 Å². The summed E-state index contributed by atoms with van der Waals surface area (Å²) in [4.78, 5) is 12.7. The van der Waals surface area contributed by atoms with E-state index in [0.717, 1.165) is 16.8 Å². The first-order valence-corrected chi connectivity index (χ1v) is 21.1.